The molecule has 1 unspecified atom stereocenters. The zero-order valence-corrected chi connectivity index (χ0v) is 31.5. The lowest BCUT2D eigenvalue weighted by Crippen LogP contribution is -2.37. The van der Waals surface area contributed by atoms with Gasteiger partial charge in [0.05, 0.1) is 30.0 Å². The van der Waals surface area contributed by atoms with Crippen molar-refractivity contribution in [1.29, 1.82) is 0 Å². The highest BCUT2D eigenvalue weighted by molar-refractivity contribution is 7.53. The van der Waals surface area contributed by atoms with Gasteiger partial charge in [-0.2, -0.15) is 0 Å². The summed E-state index contributed by atoms with van der Waals surface area (Å²) in [5.74, 6) is 0.506. The summed E-state index contributed by atoms with van der Waals surface area (Å²) in [7, 11) is 6.46. The Morgan fingerprint density at radius 2 is 0.750 bits per heavy atom. The number of ketones is 1. The van der Waals surface area contributed by atoms with Crippen LogP contribution >= 0.6 is 8.81 Å². The van der Waals surface area contributed by atoms with E-state index in [2.05, 4.69) is 28.1 Å². The number of unbranched alkanes of at least 4 members (excludes halogenated alkanes) is 26. The van der Waals surface area contributed by atoms with Crippen molar-refractivity contribution < 1.29 is 18.6 Å². The molecule has 5 heteroatoms. The fraction of sp³-hybridized carbons (Fsp3) is 0.949. The maximum absolute atomic E-state index is 12.2. The normalized spacial score (nSPS) is 12.1. The number of likely N-dealkylation sites (N-methyl/N-ethyl adjacent to an activating group) is 1. The van der Waals surface area contributed by atoms with Gasteiger partial charge in [0.1, 0.15) is 18.9 Å². The van der Waals surface area contributed by atoms with E-state index in [-0.39, 0.29) is 14.3 Å². The third-order valence-corrected chi connectivity index (χ3v) is 9.79. The molecule has 1 atom stereocenters. The van der Waals surface area contributed by atoms with Crippen molar-refractivity contribution in [2.75, 3.05) is 34.3 Å². The predicted molar refractivity (Wildman–Crippen MR) is 196 cm³/mol. The summed E-state index contributed by atoms with van der Waals surface area (Å²) >= 11 is 0. The monoisotopic (exact) mass is 641 g/mol. The van der Waals surface area contributed by atoms with E-state index in [1.807, 2.05) is 0 Å². The van der Waals surface area contributed by atoms with E-state index in [1.165, 1.54) is 161 Å². The zero-order chi connectivity index (χ0) is 32.4. The molecule has 0 aliphatic rings. The molecule has 0 heterocycles. The number of carbonyl (C=O) groups is 2. The highest BCUT2D eigenvalue weighted by atomic mass is 31.1. The van der Waals surface area contributed by atoms with Crippen LogP contribution in [0.2, 0.25) is 0 Å². The molecule has 0 spiro atoms. The van der Waals surface area contributed by atoms with Crippen LogP contribution in [0.4, 0.5) is 0 Å². The van der Waals surface area contributed by atoms with E-state index in [1.54, 1.807) is 0 Å². The van der Waals surface area contributed by atoms with Crippen molar-refractivity contribution >= 4 is 20.1 Å². The van der Waals surface area contributed by atoms with Crippen LogP contribution in [0.1, 0.15) is 206 Å². The van der Waals surface area contributed by atoms with Gasteiger partial charge in [0.25, 0.3) is 0 Å². The number of carbonyl (C=O) groups excluding carboxylic acids is 2. The number of nitrogens with zero attached hydrogens (tertiary/aromatic N) is 1. The smallest absolute Gasteiger partial charge is 0.178 e. The quantitative estimate of drug-likeness (QED) is 0.0385. The van der Waals surface area contributed by atoms with Crippen LogP contribution in [0, 0.1) is 0 Å². The second-order valence-electron chi connectivity index (χ2n) is 14.7. The average Bonchev–Trinajstić information content (AvgIpc) is 2.98. The van der Waals surface area contributed by atoms with Crippen LogP contribution in [0.3, 0.4) is 0 Å². The predicted octanol–water partition coefficient (Wildman–Crippen LogP) is 12.5. The van der Waals surface area contributed by atoms with Gasteiger partial charge < -0.3 is 9.01 Å². The number of quaternary nitrogens is 1. The molecule has 0 aromatic rings. The second kappa shape index (κ2) is 34.0. The maximum atomic E-state index is 12.2. The number of Topliss-reactive ketones (excluding diaryl/α,β-unsaturated/α-hetero) is 1. The molecule has 0 bridgehead atoms. The first-order valence-electron chi connectivity index (χ1n) is 19.6. The highest BCUT2D eigenvalue weighted by Gasteiger charge is 2.08. The molecule has 0 saturated heterocycles. The van der Waals surface area contributed by atoms with Gasteiger partial charge in [-0.15, -0.1) is 0 Å². The van der Waals surface area contributed by atoms with Crippen LogP contribution in [0.5, 0.6) is 0 Å². The Balaban J connectivity index is 3.22. The fourth-order valence-electron chi connectivity index (χ4n) is 5.87. The van der Waals surface area contributed by atoms with Crippen LogP contribution < -0.4 is 0 Å². The van der Waals surface area contributed by atoms with Gasteiger partial charge in [-0.3, -0.25) is 9.59 Å². The molecular weight excluding hydrogens is 561 g/mol. The molecule has 0 aromatic carbocycles. The zero-order valence-electron chi connectivity index (χ0n) is 30.5. The average molecular weight is 641 g/mol. The van der Waals surface area contributed by atoms with E-state index >= 15 is 0 Å². The summed E-state index contributed by atoms with van der Waals surface area (Å²) < 4.78 is 6.42. The van der Waals surface area contributed by atoms with Gasteiger partial charge in [0.2, 0.25) is 0 Å². The lowest BCUT2D eigenvalue weighted by molar-refractivity contribution is -0.870. The number of rotatable bonds is 37. The summed E-state index contributed by atoms with van der Waals surface area (Å²) in [6, 6.07) is 0. The minimum absolute atomic E-state index is 0.0363. The first-order valence-corrected chi connectivity index (χ1v) is 20.5. The van der Waals surface area contributed by atoms with Gasteiger partial charge >= 0.3 is 0 Å². The lowest BCUT2D eigenvalue weighted by atomic mass is 10.0. The van der Waals surface area contributed by atoms with Crippen molar-refractivity contribution in [3.05, 3.63) is 0 Å². The maximum Gasteiger partial charge on any atom is 0.178 e. The van der Waals surface area contributed by atoms with Gasteiger partial charge in [-0.1, -0.05) is 167 Å². The van der Waals surface area contributed by atoms with E-state index in [0.29, 0.717) is 18.8 Å². The van der Waals surface area contributed by atoms with Crippen molar-refractivity contribution in [2.24, 2.45) is 0 Å². The van der Waals surface area contributed by atoms with Crippen LogP contribution in [-0.2, 0) is 14.1 Å². The summed E-state index contributed by atoms with van der Waals surface area (Å²) in [6.45, 7) is 3.91. The number of hydrogen-bond acceptors (Lipinski definition) is 3. The SMILES string of the molecule is CCCCCCCCCCCCCCCCCC(=O)CCCCCCCCCCCCCCCC(=O)POCC[N+](C)(C)C. The molecule has 0 rings (SSSR count). The van der Waals surface area contributed by atoms with Gasteiger partial charge in [-0.05, 0) is 19.3 Å². The minimum atomic E-state index is 0.0363. The third kappa shape index (κ3) is 37.9. The highest BCUT2D eigenvalue weighted by Crippen LogP contribution is 2.19. The first kappa shape index (κ1) is 43.7. The van der Waals surface area contributed by atoms with Gasteiger partial charge in [0, 0.05) is 19.3 Å². The molecule has 0 aliphatic carbocycles. The van der Waals surface area contributed by atoms with Crippen molar-refractivity contribution in [1.82, 2.24) is 0 Å². The molecule has 0 saturated carbocycles. The largest absolute Gasteiger partial charge is 0.349 e. The van der Waals surface area contributed by atoms with Crippen LogP contribution in [-0.4, -0.2) is 50.1 Å². The molecular formula is C39H79NO3P+. The molecule has 0 aliphatic heterocycles. The Labute approximate surface area is 278 Å². The van der Waals surface area contributed by atoms with Gasteiger partial charge in [-0.25, -0.2) is 0 Å². The first-order chi connectivity index (χ1) is 21.3. The Morgan fingerprint density at radius 3 is 1.07 bits per heavy atom. The Hall–Kier alpha value is -0.310. The van der Waals surface area contributed by atoms with Crippen molar-refractivity contribution in [3.8, 4) is 0 Å². The summed E-state index contributed by atoms with van der Waals surface area (Å²) in [5, 5.41) is 0. The van der Waals surface area contributed by atoms with E-state index in [4.69, 9.17) is 4.52 Å². The second-order valence-corrected chi connectivity index (χ2v) is 15.8. The topological polar surface area (TPSA) is 43.4 Å². The summed E-state index contributed by atoms with van der Waals surface area (Å²) in [4.78, 5) is 24.1. The van der Waals surface area contributed by atoms with E-state index in [9.17, 15) is 9.59 Å². The molecule has 0 N–H and O–H groups in total. The Kier molecular flexibility index (Phi) is 33.8. The molecule has 44 heavy (non-hydrogen) atoms. The van der Waals surface area contributed by atoms with Crippen molar-refractivity contribution in [2.45, 2.75) is 206 Å². The molecule has 0 aromatic heterocycles. The standard InChI is InChI=1S/C39H79NO3P/c1-5-6-7-8-9-10-11-12-13-15-18-21-24-27-30-33-38(41)34-31-28-25-22-19-16-14-17-20-23-26-29-32-35-39(42)44-43-37-36-40(2,3)4/h44H,5-37H2,1-4H3/q+1. The minimum Gasteiger partial charge on any atom is -0.349 e. The molecule has 4 nitrogen and oxygen atoms in total. The summed E-state index contributed by atoms with van der Waals surface area (Å²) in [6.07, 6.45) is 39.5. The van der Waals surface area contributed by atoms with Crippen LogP contribution in [0.15, 0.2) is 0 Å². The summed E-state index contributed by atoms with van der Waals surface area (Å²) in [5.41, 5.74) is 0.286. The molecule has 0 amide bonds. The third-order valence-electron chi connectivity index (χ3n) is 8.97. The molecule has 0 radical (unpaired) electrons. The van der Waals surface area contributed by atoms with E-state index < -0.39 is 0 Å². The Morgan fingerprint density at radius 1 is 0.455 bits per heavy atom. The molecule has 262 valence electrons. The van der Waals surface area contributed by atoms with Crippen molar-refractivity contribution in [3.63, 3.8) is 0 Å². The fourth-order valence-corrected chi connectivity index (χ4v) is 6.51. The number of hydrogen-bond donors (Lipinski definition) is 0. The molecule has 0 fully saturated rings. The van der Waals surface area contributed by atoms with Crippen LogP contribution in [0.25, 0.3) is 0 Å². The lowest BCUT2D eigenvalue weighted by Gasteiger charge is -2.23. The van der Waals surface area contributed by atoms with E-state index in [0.717, 1.165) is 43.1 Å². The van der Waals surface area contributed by atoms with Gasteiger partial charge in [0.15, 0.2) is 5.52 Å². The Bertz CT molecular complexity index is 619.